The van der Waals surface area contributed by atoms with Crippen molar-refractivity contribution in [2.45, 2.75) is 20.8 Å². The van der Waals surface area contributed by atoms with Crippen LogP contribution < -0.4 is 10.1 Å². The molecule has 27 heavy (non-hydrogen) atoms. The largest absolute Gasteiger partial charge is 0.462 e. The smallest absolute Gasteiger partial charge is 0.347 e. The lowest BCUT2D eigenvalue weighted by Gasteiger charge is -2.13. The van der Waals surface area contributed by atoms with Gasteiger partial charge in [0.15, 0.2) is 5.57 Å². The van der Waals surface area contributed by atoms with Crippen LogP contribution in [0.5, 0.6) is 11.5 Å². The highest BCUT2D eigenvalue weighted by atomic mass is 16.6. The summed E-state index contributed by atoms with van der Waals surface area (Å²) >= 11 is 0. The van der Waals surface area contributed by atoms with Crippen molar-refractivity contribution in [1.29, 1.82) is 0 Å². The Morgan fingerprint density at radius 2 is 1.33 bits per heavy atom. The number of rotatable bonds is 8. The molecule has 0 amide bonds. The second kappa shape index (κ2) is 10.0. The highest BCUT2D eigenvalue weighted by Gasteiger charge is 2.24. The van der Waals surface area contributed by atoms with Gasteiger partial charge in [-0.05, 0) is 57.2 Å². The van der Waals surface area contributed by atoms with Gasteiger partial charge in [-0.1, -0.05) is 18.2 Å². The maximum absolute atomic E-state index is 12.1. The summed E-state index contributed by atoms with van der Waals surface area (Å²) in [7, 11) is 0. The molecule has 0 heterocycles. The van der Waals surface area contributed by atoms with E-state index in [-0.39, 0.29) is 18.8 Å². The monoisotopic (exact) mass is 369 g/mol. The van der Waals surface area contributed by atoms with E-state index in [1.165, 1.54) is 0 Å². The van der Waals surface area contributed by atoms with Gasteiger partial charge in [0.25, 0.3) is 0 Å². The third-order valence-electron chi connectivity index (χ3n) is 3.50. The van der Waals surface area contributed by atoms with Crippen LogP contribution in [0.3, 0.4) is 0 Å². The van der Waals surface area contributed by atoms with E-state index in [0.717, 1.165) is 5.75 Å². The third kappa shape index (κ3) is 5.88. The summed E-state index contributed by atoms with van der Waals surface area (Å²) in [6.07, 6.45) is 0. The second-order valence-corrected chi connectivity index (χ2v) is 5.51. The first-order chi connectivity index (χ1) is 13.0. The Labute approximate surface area is 158 Å². The number of para-hydroxylation sites is 1. The topological polar surface area (TPSA) is 73.9 Å². The molecule has 0 spiro atoms. The Hall–Kier alpha value is -3.28. The first kappa shape index (κ1) is 20.0. The molecule has 0 fully saturated rings. The van der Waals surface area contributed by atoms with Crippen molar-refractivity contribution in [2.24, 2.45) is 0 Å². The van der Waals surface area contributed by atoms with Crippen LogP contribution in [0.25, 0.3) is 0 Å². The van der Waals surface area contributed by atoms with Gasteiger partial charge in [-0.25, -0.2) is 9.59 Å². The van der Waals surface area contributed by atoms with Crippen molar-refractivity contribution in [3.63, 3.8) is 0 Å². The van der Waals surface area contributed by atoms with E-state index in [2.05, 4.69) is 5.32 Å². The fourth-order valence-electron chi connectivity index (χ4n) is 2.31. The zero-order valence-corrected chi connectivity index (χ0v) is 15.7. The lowest BCUT2D eigenvalue weighted by Crippen LogP contribution is -2.22. The lowest BCUT2D eigenvalue weighted by atomic mass is 10.2. The Balaban J connectivity index is 2.15. The number of anilines is 1. The molecule has 0 aliphatic carbocycles. The molecule has 0 aliphatic heterocycles. The minimum absolute atomic E-state index is 0.150. The van der Waals surface area contributed by atoms with Crippen LogP contribution in [0.15, 0.2) is 65.9 Å². The minimum Gasteiger partial charge on any atom is -0.462 e. The Kier molecular flexibility index (Phi) is 7.43. The zero-order valence-electron chi connectivity index (χ0n) is 15.7. The average Bonchev–Trinajstić information content (AvgIpc) is 2.65. The number of carbonyl (C=O) groups excluding carboxylic acids is 2. The zero-order chi connectivity index (χ0) is 19.6. The molecule has 0 atom stereocenters. The molecule has 0 bridgehead atoms. The molecule has 6 heteroatoms. The molecule has 0 saturated carbocycles. The van der Waals surface area contributed by atoms with Crippen LogP contribution in [0.1, 0.15) is 20.8 Å². The molecule has 6 nitrogen and oxygen atoms in total. The summed E-state index contributed by atoms with van der Waals surface area (Å²) in [6.45, 7) is 5.31. The van der Waals surface area contributed by atoms with Crippen LogP contribution in [0, 0.1) is 0 Å². The molecule has 0 unspecified atom stereocenters. The van der Waals surface area contributed by atoms with Gasteiger partial charge in [-0.2, -0.15) is 0 Å². The molecule has 0 aliphatic rings. The fraction of sp³-hybridized carbons (Fsp3) is 0.238. The van der Waals surface area contributed by atoms with E-state index in [4.69, 9.17) is 14.2 Å². The Bertz CT molecular complexity index is 777. The summed E-state index contributed by atoms with van der Waals surface area (Å²) in [5, 5.41) is 3.03. The highest BCUT2D eigenvalue weighted by molar-refractivity contribution is 6.15. The normalized spacial score (nSPS) is 9.89. The van der Waals surface area contributed by atoms with Gasteiger partial charge >= 0.3 is 11.9 Å². The van der Waals surface area contributed by atoms with Gasteiger partial charge in [0.05, 0.1) is 13.2 Å². The fourth-order valence-corrected chi connectivity index (χ4v) is 2.31. The van der Waals surface area contributed by atoms with Gasteiger partial charge in [0, 0.05) is 11.4 Å². The molecular formula is C21H23NO5. The molecule has 2 aromatic carbocycles. The molecular weight excluding hydrogens is 346 g/mol. The predicted octanol–water partition coefficient (Wildman–Crippen LogP) is 4.29. The van der Waals surface area contributed by atoms with Crippen LogP contribution in [0.2, 0.25) is 0 Å². The summed E-state index contributed by atoms with van der Waals surface area (Å²) < 4.78 is 15.7. The van der Waals surface area contributed by atoms with E-state index in [1.807, 2.05) is 30.3 Å². The highest BCUT2D eigenvalue weighted by Crippen LogP contribution is 2.23. The van der Waals surface area contributed by atoms with E-state index < -0.39 is 11.9 Å². The first-order valence-corrected chi connectivity index (χ1v) is 8.70. The molecule has 0 saturated heterocycles. The Morgan fingerprint density at radius 1 is 0.815 bits per heavy atom. The first-order valence-electron chi connectivity index (χ1n) is 8.70. The molecule has 142 valence electrons. The third-order valence-corrected chi connectivity index (χ3v) is 3.50. The number of nitrogens with one attached hydrogen (secondary N) is 1. The second-order valence-electron chi connectivity index (χ2n) is 5.51. The molecule has 0 radical (unpaired) electrons. The Morgan fingerprint density at radius 3 is 1.85 bits per heavy atom. The number of hydrogen-bond donors (Lipinski definition) is 1. The predicted molar refractivity (Wildman–Crippen MR) is 103 cm³/mol. The number of hydrogen-bond acceptors (Lipinski definition) is 6. The lowest BCUT2D eigenvalue weighted by molar-refractivity contribution is -0.146. The number of carbonyl (C=O) groups is 2. The van der Waals surface area contributed by atoms with Crippen molar-refractivity contribution >= 4 is 17.6 Å². The van der Waals surface area contributed by atoms with Crippen molar-refractivity contribution in [3.05, 3.63) is 65.9 Å². The van der Waals surface area contributed by atoms with E-state index >= 15 is 0 Å². The maximum atomic E-state index is 12.1. The molecule has 0 aromatic heterocycles. The molecule has 1 N–H and O–H groups in total. The molecule has 2 aromatic rings. The van der Waals surface area contributed by atoms with Crippen LogP contribution in [-0.4, -0.2) is 25.2 Å². The van der Waals surface area contributed by atoms with E-state index in [0.29, 0.717) is 17.1 Å². The summed E-state index contributed by atoms with van der Waals surface area (Å²) in [5.74, 6) is -0.0273. The van der Waals surface area contributed by atoms with Crippen LogP contribution in [-0.2, 0) is 19.1 Å². The number of esters is 2. The van der Waals surface area contributed by atoms with Crippen molar-refractivity contribution < 1.29 is 23.8 Å². The van der Waals surface area contributed by atoms with Gasteiger partial charge in [0.2, 0.25) is 0 Å². The SMILES string of the molecule is CCOC(=O)C(C(=O)OCC)=C(C)Nc1ccc(Oc2ccccc2)cc1. The van der Waals surface area contributed by atoms with E-state index in [1.54, 1.807) is 45.0 Å². The number of benzene rings is 2. The average molecular weight is 369 g/mol. The van der Waals surface area contributed by atoms with Crippen molar-refractivity contribution in [1.82, 2.24) is 0 Å². The van der Waals surface area contributed by atoms with Gasteiger partial charge in [-0.3, -0.25) is 0 Å². The van der Waals surface area contributed by atoms with Gasteiger partial charge in [0.1, 0.15) is 11.5 Å². The van der Waals surface area contributed by atoms with Crippen molar-refractivity contribution in [2.75, 3.05) is 18.5 Å². The number of ether oxygens (including phenoxy) is 3. The molecule has 2 rings (SSSR count). The minimum atomic E-state index is -0.718. The quantitative estimate of drug-likeness (QED) is 0.324. The number of allylic oxidation sites excluding steroid dienone is 1. The van der Waals surface area contributed by atoms with Crippen LogP contribution >= 0.6 is 0 Å². The van der Waals surface area contributed by atoms with Gasteiger partial charge in [-0.15, -0.1) is 0 Å². The standard InChI is InChI=1S/C21H23NO5/c1-4-25-20(23)19(21(24)26-5-2)15(3)22-16-11-13-18(14-12-16)27-17-9-7-6-8-10-17/h6-14,22H,4-5H2,1-3H3. The van der Waals surface area contributed by atoms with Gasteiger partial charge < -0.3 is 19.5 Å². The summed E-state index contributed by atoms with van der Waals surface area (Å²) in [6, 6.07) is 16.6. The van der Waals surface area contributed by atoms with Crippen molar-refractivity contribution in [3.8, 4) is 11.5 Å². The summed E-state index contributed by atoms with van der Waals surface area (Å²) in [4.78, 5) is 24.2. The van der Waals surface area contributed by atoms with Crippen LogP contribution in [0.4, 0.5) is 5.69 Å². The maximum Gasteiger partial charge on any atom is 0.347 e. The summed E-state index contributed by atoms with van der Waals surface area (Å²) in [5.41, 5.74) is 0.894. The van der Waals surface area contributed by atoms with E-state index in [9.17, 15) is 9.59 Å².